The van der Waals surface area contributed by atoms with Crippen LogP contribution in [0.5, 0.6) is 0 Å². The highest BCUT2D eigenvalue weighted by Crippen LogP contribution is 2.27. The fraction of sp³-hybridized carbons (Fsp3) is 0.400. The summed E-state index contributed by atoms with van der Waals surface area (Å²) in [4.78, 5) is 21.6. The Labute approximate surface area is 179 Å². The monoisotopic (exact) mass is 404 g/mol. The van der Waals surface area contributed by atoms with Gasteiger partial charge in [0.15, 0.2) is 0 Å². The molecule has 5 nitrogen and oxygen atoms in total. The van der Waals surface area contributed by atoms with Gasteiger partial charge in [-0.25, -0.2) is 4.98 Å². The van der Waals surface area contributed by atoms with Gasteiger partial charge >= 0.3 is 0 Å². The van der Waals surface area contributed by atoms with Gasteiger partial charge in [0.2, 0.25) is 5.91 Å². The first kappa shape index (κ1) is 21.8. The van der Waals surface area contributed by atoms with Crippen LogP contribution in [0.1, 0.15) is 45.2 Å². The van der Waals surface area contributed by atoms with Gasteiger partial charge in [-0.2, -0.15) is 0 Å². The molecule has 2 heterocycles. The first-order chi connectivity index (χ1) is 14.1. The smallest absolute Gasteiger partial charge is 0.223 e. The second-order valence-electron chi connectivity index (χ2n) is 9.32. The van der Waals surface area contributed by atoms with E-state index < -0.39 is 0 Å². The van der Waals surface area contributed by atoms with Gasteiger partial charge in [0.25, 0.3) is 0 Å². The van der Waals surface area contributed by atoms with E-state index in [0.29, 0.717) is 18.8 Å². The van der Waals surface area contributed by atoms with Crippen molar-refractivity contribution >= 4 is 22.6 Å². The van der Waals surface area contributed by atoms with Crippen LogP contribution in [0.2, 0.25) is 0 Å². The molecule has 0 saturated heterocycles. The van der Waals surface area contributed by atoms with Gasteiger partial charge in [0.05, 0.1) is 17.4 Å². The van der Waals surface area contributed by atoms with Crippen molar-refractivity contribution in [2.24, 2.45) is 11.3 Å². The van der Waals surface area contributed by atoms with Gasteiger partial charge in [0, 0.05) is 23.4 Å². The Morgan fingerprint density at radius 2 is 1.93 bits per heavy atom. The minimum absolute atomic E-state index is 0.0501. The lowest BCUT2D eigenvalue weighted by atomic mass is 9.92. The molecule has 5 heteroatoms. The summed E-state index contributed by atoms with van der Waals surface area (Å²) >= 11 is 0. The molecule has 1 atom stereocenters. The number of carbonyl (C=O) groups excluding carboxylic acids is 1. The van der Waals surface area contributed by atoms with Crippen molar-refractivity contribution in [1.29, 1.82) is 0 Å². The van der Waals surface area contributed by atoms with Gasteiger partial charge in [-0.15, -0.1) is 0 Å². The number of aromatic nitrogens is 2. The molecule has 3 N–H and O–H groups in total. The fourth-order valence-electron chi connectivity index (χ4n) is 3.46. The Kier molecular flexibility index (Phi) is 6.40. The first-order valence-electron chi connectivity index (χ1n) is 10.5. The van der Waals surface area contributed by atoms with E-state index in [4.69, 9.17) is 5.73 Å². The molecule has 1 amide bonds. The third kappa shape index (κ3) is 5.35. The molecular formula is C25H32N4O. The van der Waals surface area contributed by atoms with Crippen molar-refractivity contribution in [3.05, 3.63) is 53.7 Å². The molecule has 0 aliphatic rings. The third-order valence-electron chi connectivity index (χ3n) is 5.38. The lowest BCUT2D eigenvalue weighted by molar-refractivity contribution is -0.124. The molecule has 0 saturated carbocycles. The number of nitrogens with two attached hydrogens (primary N) is 1. The maximum absolute atomic E-state index is 12.5. The first-order valence-corrected chi connectivity index (χ1v) is 10.5. The zero-order valence-electron chi connectivity index (χ0n) is 18.6. The number of nitrogens with one attached hydrogen (secondary N) is 1. The molecule has 2 aromatic heterocycles. The number of hydrogen-bond acceptors (Lipinski definition) is 4. The van der Waals surface area contributed by atoms with Crippen LogP contribution in [-0.4, -0.2) is 22.4 Å². The van der Waals surface area contributed by atoms with Crippen molar-refractivity contribution in [2.45, 2.75) is 47.5 Å². The van der Waals surface area contributed by atoms with Gasteiger partial charge in [-0.05, 0) is 48.4 Å². The van der Waals surface area contributed by atoms with Crippen LogP contribution in [0.25, 0.3) is 22.2 Å². The molecule has 1 unspecified atom stereocenters. The zero-order valence-corrected chi connectivity index (χ0v) is 18.6. The van der Waals surface area contributed by atoms with Crippen molar-refractivity contribution in [1.82, 2.24) is 15.3 Å². The number of benzene rings is 1. The molecule has 0 aliphatic heterocycles. The minimum Gasteiger partial charge on any atom is -0.383 e. The van der Waals surface area contributed by atoms with Crippen molar-refractivity contribution in [3.8, 4) is 11.3 Å². The van der Waals surface area contributed by atoms with Gasteiger partial charge in [-0.1, -0.05) is 52.0 Å². The molecule has 0 radical (unpaired) electrons. The van der Waals surface area contributed by atoms with Crippen LogP contribution in [-0.2, 0) is 11.2 Å². The summed E-state index contributed by atoms with van der Waals surface area (Å²) in [6, 6.07) is 12.3. The Bertz CT molecular complexity index is 1050. The second-order valence-corrected chi connectivity index (χ2v) is 9.32. The summed E-state index contributed by atoms with van der Waals surface area (Å²) in [5.41, 5.74) is 11.2. The molecule has 3 aromatic rings. The third-order valence-corrected chi connectivity index (χ3v) is 5.38. The van der Waals surface area contributed by atoms with E-state index in [2.05, 4.69) is 55.1 Å². The predicted molar refractivity (Wildman–Crippen MR) is 124 cm³/mol. The number of fused-ring (bicyclic) bond motifs is 1. The summed E-state index contributed by atoms with van der Waals surface area (Å²) in [5, 5.41) is 4.02. The number of nitrogen functional groups attached to an aromatic ring is 1. The molecule has 1 aromatic carbocycles. The topological polar surface area (TPSA) is 80.9 Å². The van der Waals surface area contributed by atoms with Crippen molar-refractivity contribution in [3.63, 3.8) is 0 Å². The molecular weight excluding hydrogens is 372 g/mol. The number of anilines is 1. The largest absolute Gasteiger partial charge is 0.383 e. The number of rotatable bonds is 6. The quantitative estimate of drug-likeness (QED) is 0.611. The van der Waals surface area contributed by atoms with Crippen LogP contribution in [0.4, 0.5) is 5.82 Å². The van der Waals surface area contributed by atoms with Crippen LogP contribution in [0, 0.1) is 18.3 Å². The highest BCUT2D eigenvalue weighted by molar-refractivity contribution is 5.85. The van der Waals surface area contributed by atoms with Crippen LogP contribution in [0.3, 0.4) is 0 Å². The molecule has 158 valence electrons. The Hall–Kier alpha value is -2.95. The molecule has 0 spiro atoms. The van der Waals surface area contributed by atoms with Gasteiger partial charge in [0.1, 0.15) is 5.82 Å². The van der Waals surface area contributed by atoms with Crippen molar-refractivity contribution in [2.75, 3.05) is 12.3 Å². The summed E-state index contributed by atoms with van der Waals surface area (Å²) in [6.07, 6.45) is 3.26. The van der Waals surface area contributed by atoms with E-state index in [-0.39, 0.29) is 17.2 Å². The Balaban J connectivity index is 1.79. The Morgan fingerprint density at radius 3 is 2.63 bits per heavy atom. The van der Waals surface area contributed by atoms with E-state index >= 15 is 0 Å². The molecule has 0 fully saturated rings. The summed E-state index contributed by atoms with van der Waals surface area (Å²) < 4.78 is 0. The SMILES string of the molecule is Cc1ccccc1-c1cc2cc(CC(C)C(=O)NCCC(C)(C)C)c(N)nc2cn1. The molecule has 0 bridgehead atoms. The van der Waals surface area contributed by atoms with E-state index in [9.17, 15) is 4.79 Å². The van der Waals surface area contributed by atoms with E-state index in [1.54, 1.807) is 6.20 Å². The van der Waals surface area contributed by atoms with Crippen LogP contribution in [0.15, 0.2) is 42.6 Å². The normalized spacial score (nSPS) is 12.7. The van der Waals surface area contributed by atoms with Crippen LogP contribution < -0.4 is 11.1 Å². The molecule has 30 heavy (non-hydrogen) atoms. The summed E-state index contributed by atoms with van der Waals surface area (Å²) in [7, 11) is 0. The van der Waals surface area contributed by atoms with E-state index in [1.165, 1.54) is 5.56 Å². The molecule has 0 aliphatic carbocycles. The summed E-state index contributed by atoms with van der Waals surface area (Å²) in [5.74, 6) is 0.334. The average Bonchev–Trinajstić information content (AvgIpc) is 2.67. The number of amides is 1. The predicted octanol–water partition coefficient (Wildman–Crippen LogP) is 4.92. The zero-order chi connectivity index (χ0) is 21.9. The average molecular weight is 405 g/mol. The maximum Gasteiger partial charge on any atom is 0.223 e. The van der Waals surface area contributed by atoms with E-state index in [0.717, 1.165) is 34.1 Å². The van der Waals surface area contributed by atoms with Gasteiger partial charge < -0.3 is 11.1 Å². The number of hydrogen-bond donors (Lipinski definition) is 2. The Morgan fingerprint density at radius 1 is 1.20 bits per heavy atom. The summed E-state index contributed by atoms with van der Waals surface area (Å²) in [6.45, 7) is 11.2. The van der Waals surface area contributed by atoms with Crippen LogP contribution >= 0.6 is 0 Å². The number of carbonyl (C=O) groups is 1. The highest BCUT2D eigenvalue weighted by atomic mass is 16.1. The number of nitrogens with zero attached hydrogens (tertiary/aromatic N) is 2. The standard InChI is InChI=1S/C25H32N4O/c1-16-8-6-7-9-20(16)21-14-18-13-19(23(26)29-22(18)15-28-21)12-17(2)24(30)27-11-10-25(3,4)5/h6-9,13-15,17H,10-12H2,1-5H3,(H2,26,29)(H,27,30). The number of pyridine rings is 2. The minimum atomic E-state index is -0.177. The van der Waals surface area contributed by atoms with Gasteiger partial charge in [-0.3, -0.25) is 9.78 Å². The lowest BCUT2D eigenvalue weighted by Crippen LogP contribution is -2.32. The fourth-order valence-corrected chi connectivity index (χ4v) is 3.46. The highest BCUT2D eigenvalue weighted by Gasteiger charge is 2.17. The van der Waals surface area contributed by atoms with E-state index in [1.807, 2.05) is 31.2 Å². The second kappa shape index (κ2) is 8.82. The maximum atomic E-state index is 12.5. The van der Waals surface area contributed by atoms with Crippen molar-refractivity contribution < 1.29 is 4.79 Å². The number of aryl methyl sites for hydroxylation is 1. The lowest BCUT2D eigenvalue weighted by Gasteiger charge is -2.19. The molecule has 3 rings (SSSR count).